The summed E-state index contributed by atoms with van der Waals surface area (Å²) in [6, 6.07) is 0. The standard InChI is InChI=1S/C19H27N3OS2/c1-11(2)16-20-17(24-10-14(23)22-19(3,4)5)15-12-8-6-7-9-13(12)25-18(15)21-16/h11H,6-10H2,1-5H3,(H,22,23). The van der Waals surface area contributed by atoms with Crippen molar-refractivity contribution in [1.82, 2.24) is 15.3 Å². The Hall–Kier alpha value is -1.14. The highest BCUT2D eigenvalue weighted by Crippen LogP contribution is 2.40. The molecule has 3 rings (SSSR count). The molecule has 0 aromatic carbocycles. The Kier molecular flexibility index (Phi) is 5.40. The van der Waals surface area contributed by atoms with Gasteiger partial charge in [-0.25, -0.2) is 9.97 Å². The fourth-order valence-corrected chi connectivity index (χ4v) is 5.29. The number of nitrogens with one attached hydrogen (secondary N) is 1. The fourth-order valence-electron chi connectivity index (χ4n) is 3.09. The predicted octanol–water partition coefficient (Wildman–Crippen LogP) is 4.70. The molecular formula is C19H27N3OS2. The van der Waals surface area contributed by atoms with Crippen molar-refractivity contribution in [3.8, 4) is 0 Å². The number of amides is 1. The van der Waals surface area contributed by atoms with Gasteiger partial charge in [0, 0.05) is 21.7 Å². The van der Waals surface area contributed by atoms with Gasteiger partial charge in [-0.05, 0) is 52.0 Å². The van der Waals surface area contributed by atoms with Gasteiger partial charge >= 0.3 is 0 Å². The SMILES string of the molecule is CC(C)c1nc(SCC(=O)NC(C)(C)C)c2c3c(sc2n1)CCCC3. The first-order valence-electron chi connectivity index (χ1n) is 9.00. The van der Waals surface area contributed by atoms with E-state index in [1.165, 1.54) is 28.7 Å². The maximum absolute atomic E-state index is 12.2. The summed E-state index contributed by atoms with van der Waals surface area (Å²) < 4.78 is 0. The molecule has 0 bridgehead atoms. The van der Waals surface area contributed by atoms with Crippen LogP contribution in [0.3, 0.4) is 0 Å². The van der Waals surface area contributed by atoms with E-state index in [1.54, 1.807) is 11.8 Å². The molecule has 1 N–H and O–H groups in total. The van der Waals surface area contributed by atoms with E-state index in [0.29, 0.717) is 5.75 Å². The molecule has 0 fully saturated rings. The highest BCUT2D eigenvalue weighted by molar-refractivity contribution is 8.00. The minimum absolute atomic E-state index is 0.0551. The lowest BCUT2D eigenvalue weighted by Gasteiger charge is -2.20. The van der Waals surface area contributed by atoms with Crippen molar-refractivity contribution >= 4 is 39.2 Å². The third kappa shape index (κ3) is 4.34. The third-order valence-corrected chi connectivity index (χ3v) is 6.33. The van der Waals surface area contributed by atoms with Crippen LogP contribution >= 0.6 is 23.1 Å². The smallest absolute Gasteiger partial charge is 0.230 e. The molecule has 0 saturated heterocycles. The van der Waals surface area contributed by atoms with Crippen molar-refractivity contribution in [2.75, 3.05) is 5.75 Å². The van der Waals surface area contributed by atoms with Gasteiger partial charge in [0.25, 0.3) is 0 Å². The van der Waals surface area contributed by atoms with Crippen LogP contribution in [0.1, 0.15) is 69.6 Å². The zero-order chi connectivity index (χ0) is 18.2. The zero-order valence-corrected chi connectivity index (χ0v) is 17.4. The number of carbonyl (C=O) groups is 1. The number of fused-ring (bicyclic) bond motifs is 3. The van der Waals surface area contributed by atoms with E-state index in [1.807, 2.05) is 32.1 Å². The summed E-state index contributed by atoms with van der Waals surface area (Å²) in [5, 5.41) is 5.22. The topological polar surface area (TPSA) is 54.9 Å². The molecule has 0 saturated carbocycles. The molecule has 0 radical (unpaired) electrons. The molecule has 1 aliphatic carbocycles. The summed E-state index contributed by atoms with van der Waals surface area (Å²) in [4.78, 5) is 24.5. The van der Waals surface area contributed by atoms with E-state index in [0.717, 1.165) is 28.5 Å². The lowest BCUT2D eigenvalue weighted by molar-refractivity contribution is -0.119. The predicted molar refractivity (Wildman–Crippen MR) is 107 cm³/mol. The zero-order valence-electron chi connectivity index (χ0n) is 15.7. The van der Waals surface area contributed by atoms with Gasteiger partial charge < -0.3 is 5.32 Å². The number of nitrogens with zero attached hydrogens (tertiary/aromatic N) is 2. The summed E-state index contributed by atoms with van der Waals surface area (Å²) in [6.45, 7) is 10.3. The monoisotopic (exact) mass is 377 g/mol. The maximum Gasteiger partial charge on any atom is 0.230 e. The lowest BCUT2D eigenvalue weighted by atomic mass is 9.97. The molecule has 0 unspecified atom stereocenters. The number of carbonyl (C=O) groups excluding carboxylic acids is 1. The second-order valence-electron chi connectivity index (χ2n) is 8.02. The summed E-state index contributed by atoms with van der Waals surface area (Å²) in [7, 11) is 0. The van der Waals surface area contributed by atoms with Crippen molar-refractivity contribution < 1.29 is 4.79 Å². The molecule has 0 spiro atoms. The van der Waals surface area contributed by atoms with Gasteiger partial charge in [-0.15, -0.1) is 11.3 Å². The number of aryl methyl sites for hydroxylation is 2. The first-order chi connectivity index (χ1) is 11.7. The maximum atomic E-state index is 12.2. The van der Waals surface area contributed by atoms with E-state index in [4.69, 9.17) is 9.97 Å². The molecule has 25 heavy (non-hydrogen) atoms. The number of hydrogen-bond acceptors (Lipinski definition) is 5. The molecule has 6 heteroatoms. The third-order valence-electron chi connectivity index (χ3n) is 4.17. The average Bonchev–Trinajstić information content (AvgIpc) is 2.89. The molecule has 2 heterocycles. The number of hydrogen-bond donors (Lipinski definition) is 1. The van der Waals surface area contributed by atoms with Crippen LogP contribution in [0.25, 0.3) is 10.2 Å². The Balaban J connectivity index is 1.94. The summed E-state index contributed by atoms with van der Waals surface area (Å²) in [6.07, 6.45) is 4.77. The minimum atomic E-state index is -0.205. The Morgan fingerprint density at radius 1 is 1.24 bits per heavy atom. The molecule has 1 aliphatic rings. The average molecular weight is 378 g/mol. The van der Waals surface area contributed by atoms with E-state index < -0.39 is 0 Å². The summed E-state index contributed by atoms with van der Waals surface area (Å²) in [5.74, 6) is 1.61. The highest BCUT2D eigenvalue weighted by atomic mass is 32.2. The minimum Gasteiger partial charge on any atom is -0.351 e. The lowest BCUT2D eigenvalue weighted by Crippen LogP contribution is -2.41. The molecule has 1 amide bonds. The van der Waals surface area contributed by atoms with Crippen LogP contribution in [-0.2, 0) is 17.6 Å². The quantitative estimate of drug-likeness (QED) is 0.620. The van der Waals surface area contributed by atoms with E-state index in [-0.39, 0.29) is 17.4 Å². The van der Waals surface area contributed by atoms with Crippen molar-refractivity contribution in [1.29, 1.82) is 0 Å². The van der Waals surface area contributed by atoms with E-state index in [9.17, 15) is 4.79 Å². The summed E-state index contributed by atoms with van der Waals surface area (Å²) >= 11 is 3.38. The van der Waals surface area contributed by atoms with Crippen LogP contribution in [-0.4, -0.2) is 27.2 Å². The van der Waals surface area contributed by atoms with Gasteiger partial charge in [0.1, 0.15) is 15.7 Å². The van der Waals surface area contributed by atoms with Crippen molar-refractivity contribution in [3.05, 3.63) is 16.3 Å². The first kappa shape index (κ1) is 18.6. The van der Waals surface area contributed by atoms with Crippen LogP contribution in [0.15, 0.2) is 5.03 Å². The van der Waals surface area contributed by atoms with Gasteiger partial charge in [0.05, 0.1) is 5.75 Å². The Labute approximate surface area is 158 Å². The van der Waals surface area contributed by atoms with Gasteiger partial charge in [0.15, 0.2) is 0 Å². The normalized spacial score (nSPS) is 14.8. The number of aromatic nitrogens is 2. The molecule has 2 aromatic rings. The van der Waals surface area contributed by atoms with E-state index >= 15 is 0 Å². The molecule has 0 atom stereocenters. The number of thioether (sulfide) groups is 1. The van der Waals surface area contributed by atoms with Gasteiger partial charge in [-0.3, -0.25) is 4.79 Å². The van der Waals surface area contributed by atoms with Crippen LogP contribution in [0.5, 0.6) is 0 Å². The first-order valence-corrected chi connectivity index (χ1v) is 10.8. The van der Waals surface area contributed by atoms with E-state index in [2.05, 4.69) is 19.2 Å². The highest BCUT2D eigenvalue weighted by Gasteiger charge is 2.23. The van der Waals surface area contributed by atoms with Gasteiger partial charge in [0.2, 0.25) is 5.91 Å². The van der Waals surface area contributed by atoms with Crippen LogP contribution < -0.4 is 5.32 Å². The molecule has 2 aromatic heterocycles. The van der Waals surface area contributed by atoms with Gasteiger partial charge in [-0.1, -0.05) is 25.6 Å². The Bertz CT molecular complexity index is 790. The second-order valence-corrected chi connectivity index (χ2v) is 10.1. The molecular weight excluding hydrogens is 350 g/mol. The van der Waals surface area contributed by atoms with Crippen LogP contribution in [0, 0.1) is 0 Å². The Morgan fingerprint density at radius 3 is 2.64 bits per heavy atom. The summed E-state index contributed by atoms with van der Waals surface area (Å²) in [5.41, 5.74) is 1.23. The molecule has 0 aliphatic heterocycles. The van der Waals surface area contributed by atoms with Crippen molar-refractivity contribution in [2.24, 2.45) is 0 Å². The Morgan fingerprint density at radius 2 is 1.96 bits per heavy atom. The van der Waals surface area contributed by atoms with Gasteiger partial charge in [-0.2, -0.15) is 0 Å². The number of thiophene rings is 1. The largest absolute Gasteiger partial charge is 0.351 e. The molecule has 136 valence electrons. The van der Waals surface area contributed by atoms with Crippen molar-refractivity contribution in [2.45, 2.75) is 76.8 Å². The number of rotatable bonds is 4. The van der Waals surface area contributed by atoms with Crippen molar-refractivity contribution in [3.63, 3.8) is 0 Å². The fraction of sp³-hybridized carbons (Fsp3) is 0.632. The van der Waals surface area contributed by atoms with Crippen LogP contribution in [0.2, 0.25) is 0 Å². The molecule has 4 nitrogen and oxygen atoms in total. The van der Waals surface area contributed by atoms with Crippen LogP contribution in [0.4, 0.5) is 0 Å². The second kappa shape index (κ2) is 7.23.